The minimum absolute atomic E-state index is 0.0222. The van der Waals surface area contributed by atoms with Gasteiger partial charge in [-0.3, -0.25) is 9.78 Å². The number of anilines is 1. The molecule has 0 N–H and O–H groups in total. The van der Waals surface area contributed by atoms with E-state index in [4.69, 9.17) is 0 Å². The second-order valence-corrected chi connectivity index (χ2v) is 6.07. The summed E-state index contributed by atoms with van der Waals surface area (Å²) in [5.41, 5.74) is 2.72. The number of piperazine rings is 1. The topological polar surface area (TPSA) is 41.4 Å². The average molecular weight is 298 g/mol. The molecule has 0 unspecified atom stereocenters. The lowest BCUT2D eigenvalue weighted by Gasteiger charge is -2.35. The van der Waals surface area contributed by atoms with Crippen molar-refractivity contribution in [2.24, 2.45) is 0 Å². The van der Waals surface area contributed by atoms with Gasteiger partial charge in [-0.2, -0.15) is 0 Å². The zero-order chi connectivity index (χ0) is 15.9. The van der Waals surface area contributed by atoms with Crippen LogP contribution in [0.15, 0.2) is 29.7 Å². The van der Waals surface area contributed by atoms with Crippen LogP contribution in [-0.2, 0) is 0 Å². The third-order valence-corrected chi connectivity index (χ3v) is 4.22. The Balaban J connectivity index is 2.23. The van der Waals surface area contributed by atoms with Crippen molar-refractivity contribution >= 4 is 22.4 Å². The fourth-order valence-corrected chi connectivity index (χ4v) is 2.97. The Morgan fingerprint density at radius 2 is 1.91 bits per heavy atom. The minimum Gasteiger partial charge on any atom is -0.355 e. The normalized spacial score (nSPS) is 16.2. The monoisotopic (exact) mass is 298 g/mol. The highest BCUT2D eigenvalue weighted by molar-refractivity contribution is 5.84. The molecule has 0 saturated carbocycles. The molecular formula is C17H22N4O. The van der Waals surface area contributed by atoms with E-state index in [0.29, 0.717) is 5.39 Å². The summed E-state index contributed by atoms with van der Waals surface area (Å²) in [6.45, 7) is 11.8. The Bertz CT molecular complexity index is 785. The molecule has 1 saturated heterocycles. The van der Waals surface area contributed by atoms with Crippen molar-refractivity contribution in [3.8, 4) is 0 Å². The van der Waals surface area contributed by atoms with E-state index in [1.54, 1.807) is 12.3 Å². The molecule has 0 bridgehead atoms. The highest BCUT2D eigenvalue weighted by Gasteiger charge is 2.19. The molecule has 0 amide bonds. The summed E-state index contributed by atoms with van der Waals surface area (Å²) in [6.07, 6.45) is 1.67. The number of rotatable bonds is 2. The molecule has 2 aromatic rings. The summed E-state index contributed by atoms with van der Waals surface area (Å²) in [6, 6.07) is 3.68. The SMILES string of the molecule is C=C(C)n1c(N2CCN(C)CC2)cc(=O)c2cnc(C)cc21. The van der Waals surface area contributed by atoms with E-state index in [0.717, 1.165) is 48.9 Å². The van der Waals surface area contributed by atoms with Crippen molar-refractivity contribution in [1.82, 2.24) is 14.5 Å². The molecule has 0 aromatic carbocycles. The summed E-state index contributed by atoms with van der Waals surface area (Å²) >= 11 is 0. The van der Waals surface area contributed by atoms with E-state index in [1.165, 1.54) is 0 Å². The molecule has 22 heavy (non-hydrogen) atoms. The summed E-state index contributed by atoms with van der Waals surface area (Å²) in [5, 5.41) is 0.645. The first-order chi connectivity index (χ1) is 10.5. The fraction of sp³-hybridized carbons (Fsp3) is 0.412. The van der Waals surface area contributed by atoms with Gasteiger partial charge in [0.25, 0.3) is 0 Å². The van der Waals surface area contributed by atoms with Gasteiger partial charge in [0.2, 0.25) is 0 Å². The number of hydrogen-bond acceptors (Lipinski definition) is 4. The van der Waals surface area contributed by atoms with Gasteiger partial charge in [-0.1, -0.05) is 6.58 Å². The van der Waals surface area contributed by atoms with Gasteiger partial charge < -0.3 is 14.4 Å². The van der Waals surface area contributed by atoms with Gasteiger partial charge >= 0.3 is 0 Å². The first-order valence-electron chi connectivity index (χ1n) is 7.59. The van der Waals surface area contributed by atoms with Crippen LogP contribution in [0, 0.1) is 6.92 Å². The van der Waals surface area contributed by atoms with Crippen molar-refractivity contribution in [1.29, 1.82) is 0 Å². The molecule has 0 aliphatic carbocycles. The van der Waals surface area contributed by atoms with Gasteiger partial charge in [0.1, 0.15) is 5.82 Å². The lowest BCUT2D eigenvalue weighted by Crippen LogP contribution is -2.45. The van der Waals surface area contributed by atoms with Crippen LogP contribution in [-0.4, -0.2) is 47.7 Å². The second kappa shape index (κ2) is 5.57. The maximum Gasteiger partial charge on any atom is 0.193 e. The summed E-state index contributed by atoms with van der Waals surface area (Å²) in [7, 11) is 2.12. The largest absolute Gasteiger partial charge is 0.355 e. The van der Waals surface area contributed by atoms with Crippen molar-refractivity contribution in [2.45, 2.75) is 13.8 Å². The number of allylic oxidation sites excluding steroid dienone is 1. The smallest absolute Gasteiger partial charge is 0.193 e. The maximum atomic E-state index is 12.5. The predicted molar refractivity (Wildman–Crippen MR) is 91.5 cm³/mol. The molecule has 0 atom stereocenters. The Morgan fingerprint density at radius 1 is 1.23 bits per heavy atom. The number of likely N-dealkylation sites (N-methyl/N-ethyl adjacent to an activating group) is 1. The zero-order valence-electron chi connectivity index (χ0n) is 13.5. The molecule has 0 spiro atoms. The van der Waals surface area contributed by atoms with Gasteiger partial charge in [0.15, 0.2) is 5.43 Å². The van der Waals surface area contributed by atoms with Crippen LogP contribution >= 0.6 is 0 Å². The van der Waals surface area contributed by atoms with Gasteiger partial charge in [0.05, 0.1) is 10.9 Å². The van der Waals surface area contributed by atoms with Crippen LogP contribution in [0.3, 0.4) is 0 Å². The number of nitrogens with zero attached hydrogens (tertiary/aromatic N) is 4. The van der Waals surface area contributed by atoms with Crippen molar-refractivity contribution in [3.05, 3.63) is 40.8 Å². The van der Waals surface area contributed by atoms with Crippen molar-refractivity contribution < 1.29 is 0 Å². The molecule has 3 heterocycles. The molecule has 1 aliphatic rings. The lowest BCUT2D eigenvalue weighted by molar-refractivity contribution is 0.311. The zero-order valence-corrected chi connectivity index (χ0v) is 13.5. The summed E-state index contributed by atoms with van der Waals surface area (Å²) < 4.78 is 2.08. The first kappa shape index (κ1) is 14.8. The van der Waals surface area contributed by atoms with Crippen LogP contribution in [0.1, 0.15) is 12.6 Å². The Labute approximate surface area is 130 Å². The van der Waals surface area contributed by atoms with Crippen LogP contribution < -0.4 is 10.3 Å². The number of pyridine rings is 2. The molecule has 1 aliphatic heterocycles. The quantitative estimate of drug-likeness (QED) is 0.850. The highest BCUT2D eigenvalue weighted by atomic mass is 16.1. The van der Waals surface area contributed by atoms with Crippen molar-refractivity contribution in [3.63, 3.8) is 0 Å². The van der Waals surface area contributed by atoms with E-state index in [-0.39, 0.29) is 5.43 Å². The number of aromatic nitrogens is 2. The standard InChI is InChI=1S/C17H22N4O/c1-12(2)21-15-9-13(3)18-11-14(15)16(22)10-17(21)20-7-5-19(4)6-8-20/h9-11H,1,5-8H2,2-4H3. The van der Waals surface area contributed by atoms with Gasteiger partial charge in [-0.05, 0) is 27.0 Å². The Morgan fingerprint density at radius 3 is 2.55 bits per heavy atom. The number of fused-ring (bicyclic) bond motifs is 1. The minimum atomic E-state index is 0.0222. The van der Waals surface area contributed by atoms with E-state index in [2.05, 4.69) is 33.0 Å². The maximum absolute atomic E-state index is 12.5. The molecule has 116 valence electrons. The molecule has 1 fully saturated rings. The van der Waals surface area contributed by atoms with E-state index in [9.17, 15) is 4.79 Å². The molecule has 5 nitrogen and oxygen atoms in total. The number of hydrogen-bond donors (Lipinski definition) is 0. The number of aryl methyl sites for hydroxylation is 1. The van der Waals surface area contributed by atoms with Crippen LogP contribution in [0.2, 0.25) is 0 Å². The molecule has 3 rings (SSSR count). The summed E-state index contributed by atoms with van der Waals surface area (Å²) in [4.78, 5) is 21.3. The Hall–Kier alpha value is -2.14. The lowest BCUT2D eigenvalue weighted by atomic mass is 10.2. The fourth-order valence-electron chi connectivity index (χ4n) is 2.97. The molecular weight excluding hydrogens is 276 g/mol. The average Bonchev–Trinajstić information content (AvgIpc) is 2.47. The van der Waals surface area contributed by atoms with Gasteiger partial charge in [0, 0.05) is 49.8 Å². The third kappa shape index (κ3) is 2.52. The third-order valence-electron chi connectivity index (χ3n) is 4.22. The Kier molecular flexibility index (Phi) is 3.74. The van der Waals surface area contributed by atoms with Crippen LogP contribution in [0.4, 0.5) is 5.82 Å². The molecule has 0 radical (unpaired) electrons. The van der Waals surface area contributed by atoms with Crippen molar-refractivity contribution in [2.75, 3.05) is 38.1 Å². The summed E-state index contributed by atoms with van der Waals surface area (Å²) in [5.74, 6) is 0.934. The van der Waals surface area contributed by atoms with E-state index in [1.807, 2.05) is 19.9 Å². The second-order valence-electron chi connectivity index (χ2n) is 6.07. The molecule has 5 heteroatoms. The van der Waals surface area contributed by atoms with Crippen LogP contribution in [0.5, 0.6) is 0 Å². The van der Waals surface area contributed by atoms with Gasteiger partial charge in [-0.15, -0.1) is 0 Å². The van der Waals surface area contributed by atoms with E-state index < -0.39 is 0 Å². The predicted octanol–water partition coefficient (Wildman–Crippen LogP) is 1.95. The van der Waals surface area contributed by atoms with Gasteiger partial charge in [-0.25, -0.2) is 0 Å². The first-order valence-corrected chi connectivity index (χ1v) is 7.59. The molecule has 2 aromatic heterocycles. The highest BCUT2D eigenvalue weighted by Crippen LogP contribution is 2.24. The van der Waals surface area contributed by atoms with E-state index >= 15 is 0 Å². The van der Waals surface area contributed by atoms with Crippen LogP contribution in [0.25, 0.3) is 16.6 Å².